The lowest BCUT2D eigenvalue weighted by Crippen LogP contribution is -2.30. The summed E-state index contributed by atoms with van der Waals surface area (Å²) in [6, 6.07) is 0. The minimum Gasteiger partial charge on any atom is -0.462 e. The summed E-state index contributed by atoms with van der Waals surface area (Å²) in [4.78, 5) is 38.0. The third kappa shape index (κ3) is 65.6. The fourth-order valence-electron chi connectivity index (χ4n) is 8.58. The maximum atomic E-state index is 12.9. The SMILES string of the molecule is CC/C=C\C/C=C\C/C=C\C/C=C\C/C=C\C/C=C\C/C=C\C/C=C\C/C=C\C/C=C\CCCCC(=O)OCC(COC(=O)CCCCCCCC)OC(=O)CCCCCCCCCCCCCC/C=C\C/C=C\C/C=C\C/C=C\CC. The van der Waals surface area contributed by atoms with E-state index >= 15 is 0 Å². The van der Waals surface area contributed by atoms with Crippen molar-refractivity contribution in [2.45, 2.75) is 277 Å². The first-order valence-corrected chi connectivity index (χ1v) is 33.1. The Bertz CT molecular complexity index is 1870. The predicted octanol–water partition coefficient (Wildman–Crippen LogP) is 23.0. The van der Waals surface area contributed by atoms with Crippen LogP contribution >= 0.6 is 0 Å². The van der Waals surface area contributed by atoms with Crippen molar-refractivity contribution in [3.8, 4) is 0 Å². The van der Waals surface area contributed by atoms with Gasteiger partial charge in [-0.3, -0.25) is 14.4 Å². The van der Waals surface area contributed by atoms with Crippen LogP contribution in [0.5, 0.6) is 0 Å². The largest absolute Gasteiger partial charge is 0.462 e. The van der Waals surface area contributed by atoms with Crippen LogP contribution in [0.2, 0.25) is 0 Å². The summed E-state index contributed by atoms with van der Waals surface area (Å²) in [6.07, 6.45) is 101. The zero-order chi connectivity index (χ0) is 59.2. The van der Waals surface area contributed by atoms with Crippen LogP contribution < -0.4 is 0 Å². The molecule has 0 spiro atoms. The van der Waals surface area contributed by atoms with Crippen molar-refractivity contribution < 1.29 is 28.6 Å². The summed E-state index contributed by atoms with van der Waals surface area (Å²) in [5, 5.41) is 0. The fraction of sp³-hybridized carbons (Fsp3) is 0.592. The van der Waals surface area contributed by atoms with Crippen molar-refractivity contribution >= 4 is 17.9 Å². The van der Waals surface area contributed by atoms with Crippen molar-refractivity contribution in [3.63, 3.8) is 0 Å². The van der Waals surface area contributed by atoms with E-state index in [4.69, 9.17) is 14.2 Å². The van der Waals surface area contributed by atoms with Gasteiger partial charge in [-0.2, -0.15) is 0 Å². The van der Waals surface area contributed by atoms with Gasteiger partial charge in [-0.15, -0.1) is 0 Å². The molecule has 82 heavy (non-hydrogen) atoms. The lowest BCUT2D eigenvalue weighted by atomic mass is 10.0. The molecule has 0 aromatic carbocycles. The molecule has 0 rings (SSSR count). The fourth-order valence-corrected chi connectivity index (χ4v) is 8.58. The van der Waals surface area contributed by atoms with Gasteiger partial charge in [0, 0.05) is 19.3 Å². The van der Waals surface area contributed by atoms with Gasteiger partial charge >= 0.3 is 17.9 Å². The number of carbonyl (C=O) groups excluding carboxylic acids is 3. The minimum absolute atomic E-state index is 0.0983. The van der Waals surface area contributed by atoms with E-state index in [2.05, 4.69) is 191 Å². The molecule has 0 saturated carbocycles. The van der Waals surface area contributed by atoms with Gasteiger partial charge in [0.1, 0.15) is 13.2 Å². The lowest BCUT2D eigenvalue weighted by molar-refractivity contribution is -0.167. The van der Waals surface area contributed by atoms with Gasteiger partial charge in [-0.1, -0.05) is 287 Å². The molecule has 1 atom stereocenters. The van der Waals surface area contributed by atoms with Crippen LogP contribution in [0, 0.1) is 0 Å². The maximum Gasteiger partial charge on any atom is 0.306 e. The third-order valence-electron chi connectivity index (χ3n) is 13.5. The molecule has 0 aromatic heterocycles. The van der Waals surface area contributed by atoms with E-state index in [0.717, 1.165) is 141 Å². The molecule has 0 saturated heterocycles. The summed E-state index contributed by atoms with van der Waals surface area (Å²) in [5.41, 5.74) is 0. The average Bonchev–Trinajstić information content (AvgIpc) is 3.47. The number of allylic oxidation sites excluding steroid dienone is 28. The molecule has 0 bridgehead atoms. The summed E-state index contributed by atoms with van der Waals surface area (Å²) in [7, 11) is 0. The topological polar surface area (TPSA) is 78.9 Å². The molecule has 0 radical (unpaired) electrons. The number of carbonyl (C=O) groups is 3. The van der Waals surface area contributed by atoms with Gasteiger partial charge in [0.25, 0.3) is 0 Å². The van der Waals surface area contributed by atoms with Gasteiger partial charge in [0.05, 0.1) is 0 Å². The number of esters is 3. The summed E-state index contributed by atoms with van der Waals surface area (Å²) < 4.78 is 16.8. The molecule has 0 amide bonds. The molecule has 0 aliphatic heterocycles. The second kappa shape index (κ2) is 68.3. The van der Waals surface area contributed by atoms with Crippen LogP contribution in [0.15, 0.2) is 170 Å². The molecule has 0 aliphatic rings. The number of unbranched alkanes of at least 4 members (excludes halogenated alkanes) is 19. The number of rotatable bonds is 58. The molecule has 6 heteroatoms. The van der Waals surface area contributed by atoms with Gasteiger partial charge < -0.3 is 14.2 Å². The van der Waals surface area contributed by atoms with Crippen LogP contribution in [0.4, 0.5) is 0 Å². The van der Waals surface area contributed by atoms with Crippen molar-refractivity contribution in [2.75, 3.05) is 13.2 Å². The van der Waals surface area contributed by atoms with Crippen LogP contribution in [-0.4, -0.2) is 37.2 Å². The first kappa shape index (κ1) is 76.8. The molecule has 0 heterocycles. The van der Waals surface area contributed by atoms with E-state index in [0.29, 0.717) is 25.7 Å². The first-order valence-electron chi connectivity index (χ1n) is 33.1. The summed E-state index contributed by atoms with van der Waals surface area (Å²) in [6.45, 7) is 6.31. The van der Waals surface area contributed by atoms with Crippen molar-refractivity contribution in [1.82, 2.24) is 0 Å². The second-order valence-corrected chi connectivity index (χ2v) is 21.3. The number of hydrogen-bond donors (Lipinski definition) is 0. The van der Waals surface area contributed by atoms with E-state index < -0.39 is 6.10 Å². The van der Waals surface area contributed by atoms with E-state index in [1.807, 2.05) is 0 Å². The Morgan fingerprint density at radius 2 is 0.476 bits per heavy atom. The Balaban J connectivity index is 4.21. The third-order valence-corrected chi connectivity index (χ3v) is 13.5. The van der Waals surface area contributed by atoms with Crippen LogP contribution in [0.25, 0.3) is 0 Å². The minimum atomic E-state index is -0.802. The highest BCUT2D eigenvalue weighted by Gasteiger charge is 2.19. The monoisotopic (exact) mass is 1130 g/mol. The van der Waals surface area contributed by atoms with Crippen LogP contribution in [0.3, 0.4) is 0 Å². The maximum absolute atomic E-state index is 12.9. The van der Waals surface area contributed by atoms with E-state index in [1.54, 1.807) is 0 Å². The predicted molar refractivity (Wildman–Crippen MR) is 357 cm³/mol. The van der Waals surface area contributed by atoms with E-state index in [1.165, 1.54) is 83.5 Å². The lowest BCUT2D eigenvalue weighted by Gasteiger charge is -2.18. The molecule has 6 nitrogen and oxygen atoms in total. The molecule has 0 aliphatic carbocycles. The highest BCUT2D eigenvalue weighted by atomic mass is 16.6. The molecule has 0 fully saturated rings. The van der Waals surface area contributed by atoms with Gasteiger partial charge in [0.2, 0.25) is 0 Å². The molecule has 0 aromatic rings. The second-order valence-electron chi connectivity index (χ2n) is 21.3. The van der Waals surface area contributed by atoms with Crippen LogP contribution in [-0.2, 0) is 28.6 Å². The van der Waals surface area contributed by atoms with Crippen molar-refractivity contribution in [3.05, 3.63) is 170 Å². The first-order chi connectivity index (χ1) is 40.5. The van der Waals surface area contributed by atoms with Gasteiger partial charge in [0.15, 0.2) is 6.10 Å². The zero-order valence-electron chi connectivity index (χ0n) is 52.7. The van der Waals surface area contributed by atoms with E-state index in [-0.39, 0.29) is 31.1 Å². The Hall–Kier alpha value is -5.23. The number of hydrogen-bond acceptors (Lipinski definition) is 6. The molecular weight excluding hydrogens is 1010 g/mol. The quantitative estimate of drug-likeness (QED) is 0.0261. The normalized spacial score (nSPS) is 13.3. The number of ether oxygens (including phenoxy) is 3. The highest BCUT2D eigenvalue weighted by molar-refractivity contribution is 5.71. The molecular formula is C76H120O6. The summed E-state index contributed by atoms with van der Waals surface area (Å²) in [5.74, 6) is -0.960. The molecule has 0 N–H and O–H groups in total. The standard InChI is InChI=1S/C76H120O6/c1-4-7-10-13-16-18-20-22-24-26-28-30-32-34-35-36-37-38-39-40-41-43-44-46-48-50-52-54-56-58-60-63-66-69-75(78)81-72-73(71-80-74(77)68-65-62-15-12-9-6-3)82-76(79)70-67-64-61-59-57-55-53-51-49-47-45-42-33-31-29-27-25-23-21-19-17-14-11-8-5-2/h7-8,10-11,16-19,22-25,28-31,34-35,37-38,40-41,44,46,50,52,56,58,73H,4-6,9,12-15,20-21,26-27,32-33,36,39,42-43,45,47-49,51,53-55,57,59-72H2,1-3H3/b10-7-,11-8-,18-16-,19-17-,24-22-,25-23-,30-28-,31-29-,35-34-,38-37-,41-40-,46-44-,52-50-,58-56-. The Kier molecular flexibility index (Phi) is 63.9. The smallest absolute Gasteiger partial charge is 0.306 e. The van der Waals surface area contributed by atoms with Gasteiger partial charge in [-0.25, -0.2) is 0 Å². The van der Waals surface area contributed by atoms with Crippen LogP contribution in [0.1, 0.15) is 271 Å². The Labute approximate surface area is 504 Å². The zero-order valence-corrected chi connectivity index (χ0v) is 52.7. The Morgan fingerprint density at radius 1 is 0.256 bits per heavy atom. The average molecular weight is 1130 g/mol. The highest BCUT2D eigenvalue weighted by Crippen LogP contribution is 2.15. The molecule has 1 unspecified atom stereocenters. The van der Waals surface area contributed by atoms with E-state index in [9.17, 15) is 14.4 Å². The van der Waals surface area contributed by atoms with Crippen molar-refractivity contribution in [2.24, 2.45) is 0 Å². The summed E-state index contributed by atoms with van der Waals surface area (Å²) >= 11 is 0. The van der Waals surface area contributed by atoms with Crippen molar-refractivity contribution in [1.29, 1.82) is 0 Å². The molecule has 460 valence electrons. The Morgan fingerprint density at radius 3 is 0.768 bits per heavy atom. The van der Waals surface area contributed by atoms with Gasteiger partial charge in [-0.05, 0) is 135 Å².